The summed E-state index contributed by atoms with van der Waals surface area (Å²) < 4.78 is 29.8. The minimum Gasteiger partial charge on any atom is -0.286 e. The molecule has 3 unspecified atom stereocenters. The molecule has 0 aromatic rings. The third-order valence-electron chi connectivity index (χ3n) is 2.84. The van der Waals surface area contributed by atoms with Crippen LogP contribution in [0, 0.1) is 17.8 Å². The SMILES string of the molecule is O=S(=O)(O)CC1CC2C=CC1C2. The van der Waals surface area contributed by atoms with Crippen molar-refractivity contribution in [2.75, 3.05) is 5.75 Å². The van der Waals surface area contributed by atoms with Gasteiger partial charge in [0.1, 0.15) is 0 Å². The molecule has 2 bridgehead atoms. The van der Waals surface area contributed by atoms with Crippen LogP contribution >= 0.6 is 0 Å². The lowest BCUT2D eigenvalue weighted by atomic mass is 9.96. The van der Waals surface area contributed by atoms with Gasteiger partial charge in [-0.2, -0.15) is 8.42 Å². The minimum absolute atomic E-state index is 0.0570. The van der Waals surface area contributed by atoms with Crippen LogP contribution in [0.15, 0.2) is 12.2 Å². The standard InChI is InChI=1S/C8H12O3S/c9-12(10,11)5-8-4-6-1-2-7(8)3-6/h1-2,6-8H,3-5H2,(H,9,10,11). The van der Waals surface area contributed by atoms with Crippen LogP contribution in [0.25, 0.3) is 0 Å². The van der Waals surface area contributed by atoms with Crippen molar-refractivity contribution in [1.29, 1.82) is 0 Å². The van der Waals surface area contributed by atoms with Crippen molar-refractivity contribution in [3.63, 3.8) is 0 Å². The zero-order valence-corrected chi connectivity index (χ0v) is 7.50. The molecule has 12 heavy (non-hydrogen) atoms. The molecule has 0 amide bonds. The van der Waals surface area contributed by atoms with Crippen LogP contribution in [-0.2, 0) is 10.1 Å². The van der Waals surface area contributed by atoms with Gasteiger partial charge in [-0.1, -0.05) is 12.2 Å². The lowest BCUT2D eigenvalue weighted by Gasteiger charge is -2.15. The van der Waals surface area contributed by atoms with Crippen LogP contribution in [-0.4, -0.2) is 18.7 Å². The molecule has 2 rings (SSSR count). The van der Waals surface area contributed by atoms with Gasteiger partial charge < -0.3 is 0 Å². The second-order valence-electron chi connectivity index (χ2n) is 3.79. The predicted octanol–water partition coefficient (Wildman–Crippen LogP) is 1.09. The first-order valence-electron chi connectivity index (χ1n) is 4.18. The molecule has 0 radical (unpaired) electrons. The number of rotatable bonds is 2. The Bertz CT molecular complexity index is 304. The van der Waals surface area contributed by atoms with Gasteiger partial charge in [0.15, 0.2) is 0 Å². The normalized spacial score (nSPS) is 39.2. The molecular weight excluding hydrogens is 176 g/mol. The average Bonchev–Trinajstić information content (AvgIpc) is 2.42. The van der Waals surface area contributed by atoms with Crippen LogP contribution in [0.3, 0.4) is 0 Å². The topological polar surface area (TPSA) is 54.4 Å². The Labute approximate surface area is 72.2 Å². The number of fused-ring (bicyclic) bond motifs is 2. The highest BCUT2D eigenvalue weighted by Gasteiger charge is 2.37. The summed E-state index contributed by atoms with van der Waals surface area (Å²) in [5.74, 6) is 1.08. The Kier molecular flexibility index (Phi) is 1.77. The van der Waals surface area contributed by atoms with Gasteiger partial charge in [-0.3, -0.25) is 4.55 Å². The van der Waals surface area contributed by atoms with E-state index in [4.69, 9.17) is 4.55 Å². The van der Waals surface area contributed by atoms with E-state index < -0.39 is 10.1 Å². The van der Waals surface area contributed by atoms with Gasteiger partial charge in [0.25, 0.3) is 10.1 Å². The fourth-order valence-corrected chi connectivity index (χ4v) is 3.28. The summed E-state index contributed by atoms with van der Waals surface area (Å²) in [6, 6.07) is 0. The maximum Gasteiger partial charge on any atom is 0.265 e. The van der Waals surface area contributed by atoms with E-state index in [0.717, 1.165) is 12.8 Å². The maximum atomic E-state index is 10.6. The fourth-order valence-electron chi connectivity index (χ4n) is 2.36. The molecule has 1 saturated carbocycles. The second kappa shape index (κ2) is 2.57. The van der Waals surface area contributed by atoms with E-state index in [1.54, 1.807) is 0 Å². The molecule has 2 aliphatic carbocycles. The van der Waals surface area contributed by atoms with Crippen molar-refractivity contribution in [1.82, 2.24) is 0 Å². The van der Waals surface area contributed by atoms with Gasteiger partial charge in [-0.05, 0) is 30.6 Å². The van der Waals surface area contributed by atoms with Gasteiger partial charge in [0.2, 0.25) is 0 Å². The highest BCUT2D eigenvalue weighted by atomic mass is 32.2. The molecular formula is C8H12O3S. The van der Waals surface area contributed by atoms with E-state index in [-0.39, 0.29) is 11.7 Å². The first kappa shape index (κ1) is 8.26. The van der Waals surface area contributed by atoms with Crippen molar-refractivity contribution in [2.45, 2.75) is 12.8 Å². The quantitative estimate of drug-likeness (QED) is 0.521. The van der Waals surface area contributed by atoms with Gasteiger partial charge in [-0.15, -0.1) is 0 Å². The molecule has 3 atom stereocenters. The van der Waals surface area contributed by atoms with Crippen molar-refractivity contribution >= 4 is 10.1 Å². The molecule has 0 aliphatic heterocycles. The average molecular weight is 188 g/mol. The summed E-state index contributed by atoms with van der Waals surface area (Å²) in [6.45, 7) is 0. The highest BCUT2D eigenvalue weighted by Crippen LogP contribution is 2.43. The predicted molar refractivity (Wildman–Crippen MR) is 45.3 cm³/mol. The molecule has 0 aromatic heterocycles. The maximum absolute atomic E-state index is 10.6. The Morgan fingerprint density at radius 2 is 2.08 bits per heavy atom. The Morgan fingerprint density at radius 3 is 2.50 bits per heavy atom. The summed E-state index contributed by atoms with van der Waals surface area (Å²) in [5.41, 5.74) is 0. The highest BCUT2D eigenvalue weighted by molar-refractivity contribution is 7.85. The van der Waals surface area contributed by atoms with E-state index in [2.05, 4.69) is 12.2 Å². The summed E-state index contributed by atoms with van der Waals surface area (Å²) in [7, 11) is -3.76. The molecule has 4 heteroatoms. The van der Waals surface area contributed by atoms with Crippen molar-refractivity contribution in [3.05, 3.63) is 12.2 Å². The first-order chi connectivity index (χ1) is 5.54. The molecule has 2 aliphatic rings. The molecule has 0 heterocycles. The van der Waals surface area contributed by atoms with E-state index in [1.807, 2.05) is 0 Å². The zero-order valence-electron chi connectivity index (χ0n) is 6.68. The second-order valence-corrected chi connectivity index (χ2v) is 5.29. The zero-order chi connectivity index (χ0) is 8.77. The van der Waals surface area contributed by atoms with Crippen LogP contribution < -0.4 is 0 Å². The Balaban J connectivity index is 2.05. The lowest BCUT2D eigenvalue weighted by Crippen LogP contribution is -2.18. The van der Waals surface area contributed by atoms with Crippen LogP contribution in [0.5, 0.6) is 0 Å². The monoisotopic (exact) mass is 188 g/mol. The van der Waals surface area contributed by atoms with Crippen molar-refractivity contribution in [2.24, 2.45) is 17.8 Å². The van der Waals surface area contributed by atoms with Gasteiger partial charge in [-0.25, -0.2) is 0 Å². The fraction of sp³-hybridized carbons (Fsp3) is 0.750. The number of hydrogen-bond acceptors (Lipinski definition) is 2. The van der Waals surface area contributed by atoms with Gasteiger partial charge >= 0.3 is 0 Å². The molecule has 3 nitrogen and oxygen atoms in total. The van der Waals surface area contributed by atoms with E-state index in [0.29, 0.717) is 11.8 Å². The largest absolute Gasteiger partial charge is 0.286 e. The summed E-state index contributed by atoms with van der Waals surface area (Å²) in [4.78, 5) is 0. The summed E-state index contributed by atoms with van der Waals surface area (Å²) >= 11 is 0. The lowest BCUT2D eigenvalue weighted by molar-refractivity contribution is 0.439. The van der Waals surface area contributed by atoms with Crippen LogP contribution in [0.1, 0.15) is 12.8 Å². The van der Waals surface area contributed by atoms with Crippen molar-refractivity contribution in [3.8, 4) is 0 Å². The first-order valence-corrected chi connectivity index (χ1v) is 5.79. The van der Waals surface area contributed by atoms with E-state index >= 15 is 0 Å². The van der Waals surface area contributed by atoms with Gasteiger partial charge in [0, 0.05) is 0 Å². The summed E-state index contributed by atoms with van der Waals surface area (Å²) in [6.07, 6.45) is 6.26. The van der Waals surface area contributed by atoms with E-state index in [9.17, 15) is 8.42 Å². The van der Waals surface area contributed by atoms with Gasteiger partial charge in [0.05, 0.1) is 5.75 Å². The minimum atomic E-state index is -3.76. The third-order valence-corrected chi connectivity index (χ3v) is 3.69. The summed E-state index contributed by atoms with van der Waals surface area (Å²) in [5, 5.41) is 0. The Morgan fingerprint density at radius 1 is 1.33 bits per heavy atom. The van der Waals surface area contributed by atoms with Crippen molar-refractivity contribution < 1.29 is 13.0 Å². The van der Waals surface area contributed by atoms with E-state index in [1.165, 1.54) is 0 Å². The Hall–Kier alpha value is -0.350. The molecule has 1 N–H and O–H groups in total. The van der Waals surface area contributed by atoms with Crippen LogP contribution in [0.2, 0.25) is 0 Å². The van der Waals surface area contributed by atoms with Crippen LogP contribution in [0.4, 0.5) is 0 Å². The molecule has 1 fully saturated rings. The third kappa shape index (κ3) is 1.54. The molecule has 0 aromatic carbocycles. The molecule has 0 saturated heterocycles. The molecule has 68 valence electrons. The number of allylic oxidation sites excluding steroid dienone is 2. The molecule has 0 spiro atoms. The smallest absolute Gasteiger partial charge is 0.265 e. The number of hydrogen-bond donors (Lipinski definition) is 1.